The fourth-order valence-electron chi connectivity index (χ4n) is 1.45. The Morgan fingerprint density at radius 2 is 1.88 bits per heavy atom. The van der Waals surface area contributed by atoms with Crippen molar-refractivity contribution in [2.24, 2.45) is 5.41 Å². The van der Waals surface area contributed by atoms with Crippen molar-refractivity contribution in [1.82, 2.24) is 0 Å². The van der Waals surface area contributed by atoms with Gasteiger partial charge in [0.2, 0.25) is 0 Å². The summed E-state index contributed by atoms with van der Waals surface area (Å²) in [6.07, 6.45) is 5.59. The number of hydrogen-bond acceptors (Lipinski definition) is 3. The molecule has 3 heteroatoms. The number of esters is 1. The van der Waals surface area contributed by atoms with Crippen LogP contribution < -0.4 is 0 Å². The van der Waals surface area contributed by atoms with Crippen LogP contribution in [0.5, 0.6) is 0 Å². The van der Waals surface area contributed by atoms with Crippen molar-refractivity contribution in [1.29, 1.82) is 5.26 Å². The summed E-state index contributed by atoms with van der Waals surface area (Å²) in [7, 11) is 0. The van der Waals surface area contributed by atoms with E-state index in [1.54, 1.807) is 19.1 Å². The number of ether oxygens (including phenoxy) is 1. The number of carbonyl (C=O) groups excluding carboxylic acids is 1. The lowest BCUT2D eigenvalue weighted by Gasteiger charge is -2.23. The number of nitriles is 1. The average Bonchev–Trinajstić information content (AvgIpc) is 2.30. The van der Waals surface area contributed by atoms with Crippen molar-refractivity contribution >= 4 is 5.97 Å². The van der Waals surface area contributed by atoms with Crippen LogP contribution in [0.25, 0.3) is 0 Å². The molecule has 0 spiro atoms. The Labute approximate surface area is 97.4 Å². The monoisotopic (exact) mass is 221 g/mol. The van der Waals surface area contributed by atoms with Crippen LogP contribution >= 0.6 is 0 Å². The Balaban J connectivity index is 4.79. The van der Waals surface area contributed by atoms with Gasteiger partial charge >= 0.3 is 5.97 Å². The van der Waals surface area contributed by atoms with Crippen LogP contribution in [0.2, 0.25) is 0 Å². The molecule has 0 amide bonds. The first-order valence-corrected chi connectivity index (χ1v) is 5.47. The van der Waals surface area contributed by atoms with Gasteiger partial charge in [-0.15, -0.1) is 13.2 Å². The Morgan fingerprint density at radius 3 is 2.19 bits per heavy atom. The zero-order chi connectivity index (χ0) is 12.4. The summed E-state index contributed by atoms with van der Waals surface area (Å²) in [6, 6.07) is 2.10. The fraction of sp³-hybridized carbons (Fsp3) is 0.538. The highest BCUT2D eigenvalue weighted by Crippen LogP contribution is 2.31. The summed E-state index contributed by atoms with van der Waals surface area (Å²) in [5.74, 6) is -0.429. The SMILES string of the molecule is C=CCCC(C#N)(CCC=C)C(=O)OCC. The predicted octanol–water partition coefficient (Wildman–Crippen LogP) is 2.99. The van der Waals surface area contributed by atoms with Crippen LogP contribution in [-0.2, 0) is 9.53 Å². The molecule has 3 nitrogen and oxygen atoms in total. The number of rotatable bonds is 8. The van der Waals surface area contributed by atoms with Gasteiger partial charge in [0.15, 0.2) is 5.41 Å². The molecule has 0 radical (unpaired) electrons. The minimum Gasteiger partial charge on any atom is -0.465 e. The Bertz CT molecular complexity index is 277. The molecule has 0 aromatic heterocycles. The minimum absolute atomic E-state index is 0.296. The van der Waals surface area contributed by atoms with Crippen molar-refractivity contribution in [2.75, 3.05) is 6.61 Å². The van der Waals surface area contributed by atoms with Crippen molar-refractivity contribution < 1.29 is 9.53 Å². The molecule has 0 aliphatic carbocycles. The number of hydrogen-bond donors (Lipinski definition) is 0. The van der Waals surface area contributed by atoms with Crippen LogP contribution in [0.3, 0.4) is 0 Å². The van der Waals surface area contributed by atoms with Crippen LogP contribution in [0.4, 0.5) is 0 Å². The van der Waals surface area contributed by atoms with Crippen molar-refractivity contribution in [3.63, 3.8) is 0 Å². The molecule has 0 atom stereocenters. The lowest BCUT2D eigenvalue weighted by Crippen LogP contribution is -2.31. The van der Waals surface area contributed by atoms with E-state index in [1.165, 1.54) is 0 Å². The third kappa shape index (κ3) is 3.90. The Kier molecular flexibility index (Phi) is 6.95. The predicted molar refractivity (Wildman–Crippen MR) is 63.5 cm³/mol. The van der Waals surface area contributed by atoms with Gasteiger partial charge in [-0.05, 0) is 32.6 Å². The topological polar surface area (TPSA) is 50.1 Å². The highest BCUT2D eigenvalue weighted by molar-refractivity contribution is 5.80. The second-order valence-electron chi connectivity index (χ2n) is 3.57. The third-order valence-electron chi connectivity index (χ3n) is 2.43. The summed E-state index contributed by atoms with van der Waals surface area (Å²) in [6.45, 7) is 9.24. The van der Waals surface area contributed by atoms with Gasteiger partial charge in [-0.3, -0.25) is 4.79 Å². The first kappa shape index (κ1) is 14.4. The molecule has 0 rings (SSSR count). The van der Waals surface area contributed by atoms with Gasteiger partial charge in [-0.1, -0.05) is 12.2 Å². The number of allylic oxidation sites excluding steroid dienone is 2. The Morgan fingerprint density at radius 1 is 1.38 bits per heavy atom. The van der Waals surface area contributed by atoms with Crippen molar-refractivity contribution in [3.8, 4) is 6.07 Å². The molecule has 0 aliphatic heterocycles. The summed E-state index contributed by atoms with van der Waals surface area (Å²) >= 11 is 0. The fourth-order valence-corrected chi connectivity index (χ4v) is 1.45. The van der Waals surface area contributed by atoms with Crippen molar-refractivity contribution in [3.05, 3.63) is 25.3 Å². The molecular weight excluding hydrogens is 202 g/mol. The maximum absolute atomic E-state index is 11.8. The molecule has 0 fully saturated rings. The van der Waals surface area contributed by atoms with Gasteiger partial charge in [0.1, 0.15) is 0 Å². The quantitative estimate of drug-likeness (QED) is 0.467. The molecular formula is C13H19NO2. The first-order valence-electron chi connectivity index (χ1n) is 5.47. The lowest BCUT2D eigenvalue weighted by atomic mass is 9.80. The van der Waals surface area contributed by atoms with Crippen LogP contribution in [0, 0.1) is 16.7 Å². The lowest BCUT2D eigenvalue weighted by molar-refractivity contribution is -0.152. The molecule has 0 saturated heterocycles. The van der Waals surface area contributed by atoms with Crippen LogP contribution in [-0.4, -0.2) is 12.6 Å². The second kappa shape index (κ2) is 7.70. The highest BCUT2D eigenvalue weighted by atomic mass is 16.5. The summed E-state index contributed by atoms with van der Waals surface area (Å²) in [4.78, 5) is 11.8. The second-order valence-corrected chi connectivity index (χ2v) is 3.57. The molecule has 0 bridgehead atoms. The maximum Gasteiger partial charge on any atom is 0.326 e. The minimum atomic E-state index is -1.04. The maximum atomic E-state index is 11.8. The smallest absolute Gasteiger partial charge is 0.326 e. The van der Waals surface area contributed by atoms with E-state index in [4.69, 9.17) is 4.74 Å². The highest BCUT2D eigenvalue weighted by Gasteiger charge is 2.38. The third-order valence-corrected chi connectivity index (χ3v) is 2.43. The van der Waals surface area contributed by atoms with E-state index in [-0.39, 0.29) is 0 Å². The normalized spacial score (nSPS) is 10.2. The molecule has 16 heavy (non-hydrogen) atoms. The van der Waals surface area contributed by atoms with Crippen LogP contribution in [0.15, 0.2) is 25.3 Å². The van der Waals surface area contributed by atoms with Gasteiger partial charge in [-0.2, -0.15) is 5.26 Å². The summed E-state index contributed by atoms with van der Waals surface area (Å²) in [5.41, 5.74) is -1.04. The zero-order valence-corrected chi connectivity index (χ0v) is 9.87. The van der Waals surface area contributed by atoms with Gasteiger partial charge in [0.25, 0.3) is 0 Å². The van der Waals surface area contributed by atoms with E-state index in [1.807, 2.05) is 0 Å². The van der Waals surface area contributed by atoms with E-state index in [0.29, 0.717) is 32.3 Å². The molecule has 0 N–H and O–H groups in total. The van der Waals surface area contributed by atoms with E-state index >= 15 is 0 Å². The van der Waals surface area contributed by atoms with Gasteiger partial charge in [0.05, 0.1) is 12.7 Å². The molecule has 0 heterocycles. The number of carbonyl (C=O) groups is 1. The van der Waals surface area contributed by atoms with E-state index in [2.05, 4.69) is 19.2 Å². The van der Waals surface area contributed by atoms with Crippen LogP contribution in [0.1, 0.15) is 32.6 Å². The average molecular weight is 221 g/mol. The molecule has 0 aromatic rings. The first-order chi connectivity index (χ1) is 7.66. The summed E-state index contributed by atoms with van der Waals surface area (Å²) < 4.78 is 4.96. The zero-order valence-electron chi connectivity index (χ0n) is 9.87. The molecule has 0 saturated carbocycles. The Hall–Kier alpha value is -1.56. The van der Waals surface area contributed by atoms with Gasteiger partial charge in [0, 0.05) is 0 Å². The van der Waals surface area contributed by atoms with Crippen molar-refractivity contribution in [2.45, 2.75) is 32.6 Å². The molecule has 88 valence electrons. The summed E-state index contributed by atoms with van der Waals surface area (Å²) in [5, 5.41) is 9.21. The van der Waals surface area contributed by atoms with E-state index in [9.17, 15) is 10.1 Å². The van der Waals surface area contributed by atoms with E-state index < -0.39 is 11.4 Å². The van der Waals surface area contributed by atoms with Gasteiger partial charge < -0.3 is 4.74 Å². The van der Waals surface area contributed by atoms with E-state index in [0.717, 1.165) is 0 Å². The number of nitrogens with zero attached hydrogens (tertiary/aromatic N) is 1. The standard InChI is InChI=1S/C13H19NO2/c1-4-7-9-13(11-14,10-8-5-2)12(15)16-6-3/h4-5H,1-2,6-10H2,3H3. The largest absolute Gasteiger partial charge is 0.465 e. The van der Waals surface area contributed by atoms with Gasteiger partial charge in [-0.25, -0.2) is 0 Å². The molecule has 0 aliphatic rings. The molecule has 0 unspecified atom stereocenters. The molecule has 0 aromatic carbocycles.